The van der Waals surface area contributed by atoms with E-state index in [-0.39, 0.29) is 11.8 Å². The SMILES string of the molecule is CC(C(=O)O)C1CCCc2ccncc21. The van der Waals surface area contributed by atoms with Gasteiger partial charge in [-0.2, -0.15) is 0 Å². The molecule has 1 aliphatic carbocycles. The van der Waals surface area contributed by atoms with Gasteiger partial charge in [0.05, 0.1) is 5.92 Å². The molecule has 1 aromatic rings. The van der Waals surface area contributed by atoms with Crippen LogP contribution in [0.5, 0.6) is 0 Å². The highest BCUT2D eigenvalue weighted by molar-refractivity contribution is 5.71. The summed E-state index contributed by atoms with van der Waals surface area (Å²) >= 11 is 0. The number of aliphatic carboxylic acids is 1. The predicted octanol–water partition coefficient (Wildman–Crippen LogP) is 2.22. The summed E-state index contributed by atoms with van der Waals surface area (Å²) in [5, 5.41) is 9.04. The first-order valence-corrected chi connectivity index (χ1v) is 5.35. The van der Waals surface area contributed by atoms with E-state index >= 15 is 0 Å². The van der Waals surface area contributed by atoms with E-state index in [1.54, 1.807) is 13.1 Å². The summed E-state index contributed by atoms with van der Waals surface area (Å²) in [5.74, 6) is -0.884. The molecule has 0 fully saturated rings. The number of nitrogens with zero attached hydrogens (tertiary/aromatic N) is 1. The zero-order valence-electron chi connectivity index (χ0n) is 8.81. The summed E-state index contributed by atoms with van der Waals surface area (Å²) in [6.45, 7) is 1.79. The van der Waals surface area contributed by atoms with E-state index in [4.69, 9.17) is 5.11 Å². The van der Waals surface area contributed by atoms with Gasteiger partial charge in [0, 0.05) is 12.4 Å². The predicted molar refractivity (Wildman–Crippen MR) is 56.7 cm³/mol. The molecule has 0 saturated carbocycles. The molecule has 1 aromatic heterocycles. The molecular weight excluding hydrogens is 190 g/mol. The van der Waals surface area contributed by atoms with Gasteiger partial charge < -0.3 is 5.11 Å². The van der Waals surface area contributed by atoms with Gasteiger partial charge in [-0.3, -0.25) is 9.78 Å². The van der Waals surface area contributed by atoms with Gasteiger partial charge in [0.2, 0.25) is 0 Å². The number of carbonyl (C=O) groups is 1. The fourth-order valence-corrected chi connectivity index (χ4v) is 2.36. The topological polar surface area (TPSA) is 50.2 Å². The van der Waals surface area contributed by atoms with Gasteiger partial charge in [0.25, 0.3) is 0 Å². The molecule has 3 nitrogen and oxygen atoms in total. The molecular formula is C12H15NO2. The Labute approximate surface area is 89.2 Å². The Kier molecular flexibility index (Phi) is 2.71. The summed E-state index contributed by atoms with van der Waals surface area (Å²) in [6.07, 6.45) is 6.72. The van der Waals surface area contributed by atoms with E-state index in [0.717, 1.165) is 24.8 Å². The van der Waals surface area contributed by atoms with Crippen molar-refractivity contribution in [2.45, 2.75) is 32.1 Å². The Morgan fingerprint density at radius 2 is 2.47 bits per heavy atom. The van der Waals surface area contributed by atoms with Crippen molar-refractivity contribution in [3.8, 4) is 0 Å². The van der Waals surface area contributed by atoms with Crippen molar-refractivity contribution < 1.29 is 9.90 Å². The molecule has 0 aromatic carbocycles. The molecule has 0 radical (unpaired) electrons. The van der Waals surface area contributed by atoms with E-state index in [1.807, 2.05) is 12.3 Å². The van der Waals surface area contributed by atoms with Crippen molar-refractivity contribution in [1.29, 1.82) is 0 Å². The van der Waals surface area contributed by atoms with E-state index in [9.17, 15) is 4.79 Å². The maximum Gasteiger partial charge on any atom is 0.306 e. The zero-order valence-corrected chi connectivity index (χ0v) is 8.81. The largest absolute Gasteiger partial charge is 0.481 e. The number of rotatable bonds is 2. The van der Waals surface area contributed by atoms with Crippen LogP contribution in [0.15, 0.2) is 18.5 Å². The highest BCUT2D eigenvalue weighted by Gasteiger charge is 2.29. The van der Waals surface area contributed by atoms with Crippen molar-refractivity contribution >= 4 is 5.97 Å². The van der Waals surface area contributed by atoms with Crippen LogP contribution in [-0.2, 0) is 11.2 Å². The number of hydrogen-bond acceptors (Lipinski definition) is 2. The van der Waals surface area contributed by atoms with Crippen molar-refractivity contribution in [2.75, 3.05) is 0 Å². The second-order valence-corrected chi connectivity index (χ2v) is 4.20. The van der Waals surface area contributed by atoms with E-state index in [1.165, 1.54) is 5.56 Å². The quantitative estimate of drug-likeness (QED) is 0.805. The van der Waals surface area contributed by atoms with Gasteiger partial charge in [0.1, 0.15) is 0 Å². The summed E-state index contributed by atoms with van der Waals surface area (Å²) in [4.78, 5) is 15.1. The Morgan fingerprint density at radius 1 is 1.67 bits per heavy atom. The average molecular weight is 205 g/mol. The average Bonchev–Trinajstić information content (AvgIpc) is 2.27. The lowest BCUT2D eigenvalue weighted by atomic mass is 9.77. The second-order valence-electron chi connectivity index (χ2n) is 4.20. The second kappa shape index (κ2) is 4.01. The van der Waals surface area contributed by atoms with Gasteiger partial charge in [0.15, 0.2) is 0 Å². The van der Waals surface area contributed by atoms with Gasteiger partial charge in [-0.1, -0.05) is 6.92 Å². The fraction of sp³-hybridized carbons (Fsp3) is 0.500. The minimum Gasteiger partial charge on any atom is -0.481 e. The van der Waals surface area contributed by atoms with Crippen LogP contribution in [0, 0.1) is 5.92 Å². The van der Waals surface area contributed by atoms with Crippen molar-refractivity contribution in [1.82, 2.24) is 4.98 Å². The first kappa shape index (κ1) is 10.1. The number of fused-ring (bicyclic) bond motifs is 1. The van der Waals surface area contributed by atoms with Crippen LogP contribution in [0.3, 0.4) is 0 Å². The summed E-state index contributed by atoms with van der Waals surface area (Å²) in [7, 11) is 0. The van der Waals surface area contributed by atoms with Crippen molar-refractivity contribution in [3.63, 3.8) is 0 Å². The third-order valence-electron chi connectivity index (χ3n) is 3.30. The van der Waals surface area contributed by atoms with E-state index in [0.29, 0.717) is 0 Å². The summed E-state index contributed by atoms with van der Waals surface area (Å²) in [5.41, 5.74) is 2.41. The first-order valence-electron chi connectivity index (χ1n) is 5.35. The molecule has 0 bridgehead atoms. The van der Waals surface area contributed by atoms with Crippen LogP contribution in [0.25, 0.3) is 0 Å². The highest BCUT2D eigenvalue weighted by atomic mass is 16.4. The fourth-order valence-electron chi connectivity index (χ4n) is 2.36. The molecule has 0 spiro atoms. The Morgan fingerprint density at radius 3 is 3.20 bits per heavy atom. The molecule has 2 unspecified atom stereocenters. The molecule has 0 aliphatic heterocycles. The maximum absolute atomic E-state index is 11.0. The molecule has 3 heteroatoms. The molecule has 1 N–H and O–H groups in total. The number of carboxylic acid groups (broad SMARTS) is 1. The minimum atomic E-state index is -0.711. The third-order valence-corrected chi connectivity index (χ3v) is 3.30. The lowest BCUT2D eigenvalue weighted by Crippen LogP contribution is -2.23. The van der Waals surface area contributed by atoms with Crippen LogP contribution in [0.4, 0.5) is 0 Å². The molecule has 2 rings (SSSR count). The van der Waals surface area contributed by atoms with Crippen LogP contribution < -0.4 is 0 Å². The molecule has 15 heavy (non-hydrogen) atoms. The molecule has 1 aliphatic rings. The summed E-state index contributed by atoms with van der Waals surface area (Å²) < 4.78 is 0. The molecule has 80 valence electrons. The van der Waals surface area contributed by atoms with Crippen LogP contribution in [0.2, 0.25) is 0 Å². The highest BCUT2D eigenvalue weighted by Crippen LogP contribution is 2.36. The summed E-state index contributed by atoms with van der Waals surface area (Å²) in [6, 6.07) is 2.01. The Hall–Kier alpha value is -1.38. The number of hydrogen-bond donors (Lipinski definition) is 1. The van der Waals surface area contributed by atoms with E-state index in [2.05, 4.69) is 4.98 Å². The van der Waals surface area contributed by atoms with Crippen LogP contribution in [0.1, 0.15) is 36.8 Å². The molecule has 1 heterocycles. The van der Waals surface area contributed by atoms with Gasteiger partial charge in [-0.05, 0) is 42.4 Å². The molecule has 0 amide bonds. The van der Waals surface area contributed by atoms with Crippen molar-refractivity contribution in [3.05, 3.63) is 29.6 Å². The lowest BCUT2D eigenvalue weighted by Gasteiger charge is -2.27. The monoisotopic (exact) mass is 205 g/mol. The lowest BCUT2D eigenvalue weighted by molar-refractivity contribution is -0.142. The van der Waals surface area contributed by atoms with Gasteiger partial charge in [-0.15, -0.1) is 0 Å². The van der Waals surface area contributed by atoms with Crippen LogP contribution in [-0.4, -0.2) is 16.1 Å². The van der Waals surface area contributed by atoms with Gasteiger partial charge >= 0.3 is 5.97 Å². The Balaban J connectivity index is 2.33. The third kappa shape index (κ3) is 1.87. The number of pyridine rings is 1. The number of aromatic nitrogens is 1. The smallest absolute Gasteiger partial charge is 0.306 e. The number of carboxylic acids is 1. The van der Waals surface area contributed by atoms with Gasteiger partial charge in [-0.25, -0.2) is 0 Å². The minimum absolute atomic E-state index is 0.139. The Bertz CT molecular complexity index is 376. The zero-order chi connectivity index (χ0) is 10.8. The molecule has 2 atom stereocenters. The standard InChI is InChI=1S/C12H15NO2/c1-8(12(14)15)10-4-2-3-9-5-6-13-7-11(9)10/h5-8,10H,2-4H2,1H3,(H,14,15). The van der Waals surface area contributed by atoms with Crippen molar-refractivity contribution in [2.24, 2.45) is 5.92 Å². The van der Waals surface area contributed by atoms with Crippen LogP contribution >= 0.6 is 0 Å². The maximum atomic E-state index is 11.0. The van der Waals surface area contributed by atoms with E-state index < -0.39 is 5.97 Å². The normalized spacial score (nSPS) is 21.8. The molecule has 0 saturated heterocycles. The first-order chi connectivity index (χ1) is 7.20. The number of aryl methyl sites for hydroxylation is 1.